The van der Waals surface area contributed by atoms with E-state index in [9.17, 15) is 4.79 Å². The summed E-state index contributed by atoms with van der Waals surface area (Å²) in [5.74, 6) is -0.154. The lowest BCUT2D eigenvalue weighted by Gasteiger charge is -2.25. The molecule has 0 aliphatic rings. The number of benzene rings is 1. The van der Waals surface area contributed by atoms with E-state index in [-0.39, 0.29) is 11.5 Å². The van der Waals surface area contributed by atoms with Gasteiger partial charge in [0, 0.05) is 18.8 Å². The zero-order chi connectivity index (χ0) is 13.8. The maximum Gasteiger partial charge on any atom is 0.253 e. The fraction of sp³-hybridized carbons (Fsp3) is 0.500. The summed E-state index contributed by atoms with van der Waals surface area (Å²) >= 11 is 0. The number of nitrogen functional groups attached to an aromatic ring is 1. The van der Waals surface area contributed by atoms with Crippen LogP contribution in [0.1, 0.15) is 36.7 Å². The van der Waals surface area contributed by atoms with Gasteiger partial charge in [0.05, 0.1) is 11.2 Å². The summed E-state index contributed by atoms with van der Waals surface area (Å²) in [7, 11) is 0. The van der Waals surface area contributed by atoms with E-state index in [0.717, 1.165) is 5.56 Å². The van der Waals surface area contributed by atoms with Crippen LogP contribution in [0.2, 0.25) is 0 Å². The highest BCUT2D eigenvalue weighted by Gasteiger charge is 2.20. The van der Waals surface area contributed by atoms with Gasteiger partial charge in [-0.25, -0.2) is 0 Å². The number of carbonyl (C=O) groups is 1. The number of nitrogens with two attached hydrogens (primary N) is 1. The third-order valence-electron chi connectivity index (χ3n) is 2.74. The first kappa shape index (κ1) is 14.5. The van der Waals surface area contributed by atoms with E-state index < -0.39 is 0 Å². The van der Waals surface area contributed by atoms with Crippen LogP contribution in [0.5, 0.6) is 0 Å². The van der Waals surface area contributed by atoms with E-state index in [4.69, 9.17) is 10.5 Å². The molecule has 0 aliphatic heterocycles. The van der Waals surface area contributed by atoms with Crippen molar-refractivity contribution >= 4 is 11.6 Å². The van der Waals surface area contributed by atoms with Crippen molar-refractivity contribution in [3.63, 3.8) is 0 Å². The molecule has 1 amide bonds. The molecular weight excluding hydrogens is 228 g/mol. The Morgan fingerprint density at radius 2 is 2.11 bits per heavy atom. The van der Waals surface area contributed by atoms with Gasteiger partial charge in [-0.3, -0.25) is 4.79 Å². The second-order valence-corrected chi connectivity index (χ2v) is 4.91. The topological polar surface area (TPSA) is 64.3 Å². The average Bonchev–Trinajstić information content (AvgIpc) is 2.26. The lowest BCUT2D eigenvalue weighted by atomic mass is 10.1. The molecule has 0 atom stereocenters. The van der Waals surface area contributed by atoms with Gasteiger partial charge >= 0.3 is 0 Å². The molecule has 0 spiro atoms. The van der Waals surface area contributed by atoms with Crippen molar-refractivity contribution in [3.05, 3.63) is 29.3 Å². The van der Waals surface area contributed by atoms with Crippen molar-refractivity contribution in [1.29, 1.82) is 0 Å². The van der Waals surface area contributed by atoms with Crippen LogP contribution >= 0.6 is 0 Å². The van der Waals surface area contributed by atoms with Crippen LogP contribution < -0.4 is 11.1 Å². The van der Waals surface area contributed by atoms with Crippen molar-refractivity contribution in [2.45, 2.75) is 33.3 Å². The summed E-state index contributed by atoms with van der Waals surface area (Å²) in [6.07, 6.45) is 0. The number of aryl methyl sites for hydroxylation is 1. The molecule has 0 saturated heterocycles. The molecule has 1 aromatic rings. The van der Waals surface area contributed by atoms with E-state index in [1.165, 1.54) is 0 Å². The highest BCUT2D eigenvalue weighted by molar-refractivity contribution is 6.00. The van der Waals surface area contributed by atoms with E-state index in [1.807, 2.05) is 39.8 Å². The van der Waals surface area contributed by atoms with Gasteiger partial charge in [0.15, 0.2) is 0 Å². The number of anilines is 1. The van der Waals surface area contributed by atoms with Crippen LogP contribution in [0, 0.1) is 6.92 Å². The fourth-order valence-electron chi connectivity index (χ4n) is 1.82. The molecule has 4 heteroatoms. The van der Waals surface area contributed by atoms with Crippen LogP contribution in [-0.4, -0.2) is 24.7 Å². The summed E-state index contributed by atoms with van der Waals surface area (Å²) in [5.41, 5.74) is 7.38. The van der Waals surface area contributed by atoms with Gasteiger partial charge in [0.1, 0.15) is 0 Å². The summed E-state index contributed by atoms with van der Waals surface area (Å²) < 4.78 is 5.53. The molecular formula is C14H22N2O2. The van der Waals surface area contributed by atoms with Crippen molar-refractivity contribution in [2.75, 3.05) is 18.9 Å². The Morgan fingerprint density at radius 3 is 2.67 bits per heavy atom. The normalized spacial score (nSPS) is 11.3. The lowest BCUT2D eigenvalue weighted by Crippen LogP contribution is -2.40. The van der Waals surface area contributed by atoms with Gasteiger partial charge in [-0.2, -0.15) is 0 Å². The van der Waals surface area contributed by atoms with Crippen LogP contribution in [-0.2, 0) is 4.74 Å². The molecule has 4 nitrogen and oxygen atoms in total. The smallest absolute Gasteiger partial charge is 0.253 e. The van der Waals surface area contributed by atoms with E-state index in [1.54, 1.807) is 6.07 Å². The second-order valence-electron chi connectivity index (χ2n) is 4.91. The minimum Gasteiger partial charge on any atom is -0.398 e. The summed E-state index contributed by atoms with van der Waals surface area (Å²) in [5, 5.41) is 2.86. The molecule has 0 aromatic heterocycles. The fourth-order valence-corrected chi connectivity index (χ4v) is 1.82. The zero-order valence-corrected chi connectivity index (χ0v) is 11.5. The molecule has 1 aromatic carbocycles. The number of carbonyl (C=O) groups excluding carboxylic acids is 1. The van der Waals surface area contributed by atoms with Gasteiger partial charge in [-0.15, -0.1) is 0 Å². The van der Waals surface area contributed by atoms with Crippen molar-refractivity contribution in [3.8, 4) is 0 Å². The van der Waals surface area contributed by atoms with Crippen molar-refractivity contribution in [1.82, 2.24) is 5.32 Å². The Bertz CT molecular complexity index is 408. The van der Waals surface area contributed by atoms with Crippen LogP contribution in [0.3, 0.4) is 0 Å². The van der Waals surface area contributed by atoms with Crippen LogP contribution in [0.25, 0.3) is 0 Å². The SMILES string of the molecule is CCOC(C)(C)CNC(=O)c1c(C)cccc1N. The molecule has 0 fully saturated rings. The highest BCUT2D eigenvalue weighted by Crippen LogP contribution is 2.16. The first-order valence-corrected chi connectivity index (χ1v) is 6.14. The third kappa shape index (κ3) is 3.74. The molecule has 0 saturated carbocycles. The van der Waals surface area contributed by atoms with Crippen LogP contribution in [0.4, 0.5) is 5.69 Å². The molecule has 3 N–H and O–H groups in total. The number of hydrogen-bond donors (Lipinski definition) is 2. The summed E-state index contributed by atoms with van der Waals surface area (Å²) in [4.78, 5) is 12.1. The number of amides is 1. The first-order valence-electron chi connectivity index (χ1n) is 6.14. The minimum atomic E-state index is -0.373. The Morgan fingerprint density at radius 1 is 1.44 bits per heavy atom. The Balaban J connectivity index is 2.72. The Labute approximate surface area is 109 Å². The molecule has 0 aliphatic carbocycles. The average molecular weight is 250 g/mol. The van der Waals surface area contributed by atoms with Crippen molar-refractivity contribution in [2.24, 2.45) is 0 Å². The number of rotatable bonds is 5. The molecule has 0 unspecified atom stereocenters. The second kappa shape index (κ2) is 5.87. The minimum absolute atomic E-state index is 0.154. The van der Waals surface area contributed by atoms with E-state index >= 15 is 0 Å². The lowest BCUT2D eigenvalue weighted by molar-refractivity contribution is -0.00815. The van der Waals surface area contributed by atoms with Crippen molar-refractivity contribution < 1.29 is 9.53 Å². The van der Waals surface area contributed by atoms with Gasteiger partial charge in [-0.1, -0.05) is 12.1 Å². The zero-order valence-electron chi connectivity index (χ0n) is 11.5. The maximum absolute atomic E-state index is 12.1. The van der Waals surface area contributed by atoms with Gasteiger partial charge in [0.2, 0.25) is 0 Å². The monoisotopic (exact) mass is 250 g/mol. The number of nitrogens with one attached hydrogen (secondary N) is 1. The summed E-state index contributed by atoms with van der Waals surface area (Å²) in [6.45, 7) is 8.76. The molecule has 0 radical (unpaired) electrons. The standard InChI is InChI=1S/C14H22N2O2/c1-5-18-14(3,4)9-16-13(17)12-10(2)7-6-8-11(12)15/h6-8H,5,9,15H2,1-4H3,(H,16,17). The molecule has 0 heterocycles. The molecule has 0 bridgehead atoms. The van der Waals surface area contributed by atoms with Gasteiger partial charge in [-0.05, 0) is 39.3 Å². The molecule has 18 heavy (non-hydrogen) atoms. The molecule has 100 valence electrons. The predicted octanol–water partition coefficient (Wildman–Crippen LogP) is 2.12. The largest absolute Gasteiger partial charge is 0.398 e. The molecule has 1 rings (SSSR count). The van der Waals surface area contributed by atoms with E-state index in [0.29, 0.717) is 24.4 Å². The summed E-state index contributed by atoms with van der Waals surface area (Å²) in [6, 6.07) is 5.44. The quantitative estimate of drug-likeness (QED) is 0.787. The third-order valence-corrected chi connectivity index (χ3v) is 2.74. The van der Waals surface area contributed by atoms with Gasteiger partial charge < -0.3 is 15.8 Å². The number of hydrogen-bond acceptors (Lipinski definition) is 3. The first-order chi connectivity index (χ1) is 8.37. The van der Waals surface area contributed by atoms with Gasteiger partial charge in [0.25, 0.3) is 5.91 Å². The number of ether oxygens (including phenoxy) is 1. The predicted molar refractivity (Wildman–Crippen MR) is 73.6 cm³/mol. The highest BCUT2D eigenvalue weighted by atomic mass is 16.5. The maximum atomic E-state index is 12.1. The Hall–Kier alpha value is -1.55. The van der Waals surface area contributed by atoms with Crippen LogP contribution in [0.15, 0.2) is 18.2 Å². The Kier molecular flexibility index (Phi) is 4.73. The van der Waals surface area contributed by atoms with E-state index in [2.05, 4.69) is 5.32 Å².